The fourth-order valence-electron chi connectivity index (χ4n) is 2.12. The summed E-state index contributed by atoms with van der Waals surface area (Å²) in [6.07, 6.45) is -3.60. The minimum Gasteiger partial charge on any atom is -0.386 e. The first kappa shape index (κ1) is 13.9. The Labute approximate surface area is 121 Å². The molecule has 2 nitrogen and oxygen atoms in total. The molecule has 0 amide bonds. The van der Waals surface area contributed by atoms with E-state index in [9.17, 15) is 18.3 Å². The van der Waals surface area contributed by atoms with Crippen molar-refractivity contribution in [1.29, 1.82) is 0 Å². The molecule has 0 saturated heterocycles. The molecule has 2 aromatic rings. The first-order valence-electron chi connectivity index (χ1n) is 5.90. The van der Waals surface area contributed by atoms with Gasteiger partial charge in [-0.3, -0.25) is 0 Å². The van der Waals surface area contributed by atoms with Crippen LogP contribution in [0.1, 0.15) is 21.6 Å². The SMILES string of the molecule is OC(c1cnc(C(F)(F)F)s1)C1Cc2ccccc2S1. The van der Waals surface area contributed by atoms with Crippen molar-refractivity contribution in [2.24, 2.45) is 0 Å². The fraction of sp³-hybridized carbons (Fsp3) is 0.308. The highest BCUT2D eigenvalue weighted by Gasteiger charge is 2.37. The molecule has 0 bridgehead atoms. The number of aliphatic hydroxyl groups excluding tert-OH is 1. The minimum absolute atomic E-state index is 0.158. The predicted molar refractivity (Wildman–Crippen MR) is 71.9 cm³/mol. The fourth-order valence-corrected chi connectivity index (χ4v) is 4.37. The number of rotatable bonds is 2. The Morgan fingerprint density at radius 2 is 2.05 bits per heavy atom. The zero-order valence-corrected chi connectivity index (χ0v) is 11.7. The van der Waals surface area contributed by atoms with Gasteiger partial charge in [0, 0.05) is 16.3 Å². The number of fused-ring (bicyclic) bond motifs is 1. The van der Waals surface area contributed by atoms with Crippen molar-refractivity contribution in [3.63, 3.8) is 0 Å². The summed E-state index contributed by atoms with van der Waals surface area (Å²) in [6.45, 7) is 0. The van der Waals surface area contributed by atoms with Crippen LogP contribution < -0.4 is 0 Å². The van der Waals surface area contributed by atoms with E-state index in [2.05, 4.69) is 4.98 Å². The molecule has 106 valence electrons. The second-order valence-electron chi connectivity index (χ2n) is 4.48. The van der Waals surface area contributed by atoms with Gasteiger partial charge in [-0.1, -0.05) is 18.2 Å². The molecule has 0 saturated carbocycles. The molecular weight excluding hydrogens is 307 g/mol. The second kappa shape index (κ2) is 5.05. The lowest BCUT2D eigenvalue weighted by atomic mass is 10.1. The van der Waals surface area contributed by atoms with Crippen molar-refractivity contribution in [2.75, 3.05) is 0 Å². The van der Waals surface area contributed by atoms with Crippen LogP contribution in [0.4, 0.5) is 13.2 Å². The van der Waals surface area contributed by atoms with Crippen molar-refractivity contribution < 1.29 is 18.3 Å². The Hall–Kier alpha value is -1.05. The second-order valence-corrected chi connectivity index (χ2v) is 6.82. The van der Waals surface area contributed by atoms with Crippen molar-refractivity contribution >= 4 is 23.1 Å². The molecule has 1 aliphatic rings. The minimum atomic E-state index is -4.45. The number of hydrogen-bond donors (Lipinski definition) is 1. The number of aromatic nitrogens is 1. The summed E-state index contributed by atoms with van der Waals surface area (Å²) in [5, 5.41) is 9.19. The van der Waals surface area contributed by atoms with E-state index >= 15 is 0 Å². The van der Waals surface area contributed by atoms with Gasteiger partial charge in [0.15, 0.2) is 5.01 Å². The van der Waals surface area contributed by atoms with Gasteiger partial charge in [0.2, 0.25) is 0 Å². The van der Waals surface area contributed by atoms with Gasteiger partial charge in [-0.2, -0.15) is 13.2 Å². The van der Waals surface area contributed by atoms with E-state index in [0.717, 1.165) is 16.7 Å². The van der Waals surface area contributed by atoms with Gasteiger partial charge in [0.05, 0.1) is 4.88 Å². The Morgan fingerprint density at radius 3 is 2.70 bits per heavy atom. The van der Waals surface area contributed by atoms with Crippen molar-refractivity contribution in [3.05, 3.63) is 45.9 Å². The molecule has 0 aliphatic carbocycles. The van der Waals surface area contributed by atoms with E-state index in [1.165, 1.54) is 11.8 Å². The van der Waals surface area contributed by atoms with E-state index in [4.69, 9.17) is 0 Å². The Kier molecular flexibility index (Phi) is 3.51. The Balaban J connectivity index is 1.78. The molecule has 1 aromatic heterocycles. The molecule has 20 heavy (non-hydrogen) atoms. The van der Waals surface area contributed by atoms with Crippen molar-refractivity contribution in [2.45, 2.75) is 28.8 Å². The quantitative estimate of drug-likeness (QED) is 0.911. The highest BCUT2D eigenvalue weighted by molar-refractivity contribution is 8.00. The normalized spacial score (nSPS) is 19.9. The molecular formula is C13H10F3NOS2. The number of alkyl halides is 3. The molecule has 2 atom stereocenters. The maximum absolute atomic E-state index is 12.5. The van der Waals surface area contributed by atoms with Crippen LogP contribution in [0, 0.1) is 0 Å². The molecule has 0 fully saturated rings. The highest BCUT2D eigenvalue weighted by Crippen LogP contribution is 2.44. The van der Waals surface area contributed by atoms with Gasteiger partial charge in [-0.25, -0.2) is 4.98 Å². The van der Waals surface area contributed by atoms with E-state index in [0.29, 0.717) is 17.8 Å². The molecule has 0 radical (unpaired) electrons. The van der Waals surface area contributed by atoms with Crippen molar-refractivity contribution in [1.82, 2.24) is 4.98 Å². The highest BCUT2D eigenvalue weighted by atomic mass is 32.2. The largest absolute Gasteiger partial charge is 0.443 e. The summed E-state index contributed by atoms with van der Waals surface area (Å²) < 4.78 is 37.6. The third-order valence-corrected chi connectivity index (χ3v) is 5.57. The summed E-state index contributed by atoms with van der Waals surface area (Å²) in [6, 6.07) is 7.76. The third kappa shape index (κ3) is 2.57. The summed E-state index contributed by atoms with van der Waals surface area (Å²) in [5.41, 5.74) is 1.13. The van der Waals surface area contributed by atoms with Crippen LogP contribution in [0.2, 0.25) is 0 Å². The molecule has 1 aromatic carbocycles. The number of thiazole rings is 1. The van der Waals surface area contributed by atoms with Crippen LogP contribution in [0.3, 0.4) is 0 Å². The summed E-state index contributed by atoms with van der Waals surface area (Å²) in [7, 11) is 0. The molecule has 7 heteroatoms. The van der Waals surface area contributed by atoms with Gasteiger partial charge in [0.25, 0.3) is 0 Å². The molecule has 1 N–H and O–H groups in total. The Bertz CT molecular complexity index is 601. The average Bonchev–Trinajstić information content (AvgIpc) is 3.04. The molecule has 0 spiro atoms. The van der Waals surface area contributed by atoms with E-state index < -0.39 is 17.3 Å². The van der Waals surface area contributed by atoms with Crippen LogP contribution in [0.25, 0.3) is 0 Å². The van der Waals surface area contributed by atoms with Crippen molar-refractivity contribution in [3.8, 4) is 0 Å². The summed E-state index contributed by atoms with van der Waals surface area (Å²) >= 11 is 2.02. The van der Waals surface area contributed by atoms with Crippen LogP contribution in [-0.4, -0.2) is 15.3 Å². The maximum atomic E-state index is 12.5. The van der Waals surface area contributed by atoms with Crippen LogP contribution in [0.15, 0.2) is 35.4 Å². The summed E-state index contributed by atoms with van der Waals surface area (Å²) in [5.74, 6) is 0. The van der Waals surface area contributed by atoms with E-state index in [-0.39, 0.29) is 10.1 Å². The van der Waals surface area contributed by atoms with Gasteiger partial charge < -0.3 is 5.11 Å². The van der Waals surface area contributed by atoms with E-state index in [1.807, 2.05) is 24.3 Å². The number of aliphatic hydroxyl groups is 1. The van der Waals surface area contributed by atoms with Gasteiger partial charge >= 0.3 is 6.18 Å². The van der Waals surface area contributed by atoms with Crippen LogP contribution in [-0.2, 0) is 12.6 Å². The molecule has 2 heterocycles. The predicted octanol–water partition coefficient (Wildman–Crippen LogP) is 3.91. The van der Waals surface area contributed by atoms with Gasteiger partial charge in [-0.05, 0) is 18.1 Å². The average molecular weight is 317 g/mol. The molecule has 3 rings (SSSR count). The third-order valence-electron chi connectivity index (χ3n) is 3.08. The topological polar surface area (TPSA) is 33.1 Å². The van der Waals surface area contributed by atoms with Gasteiger partial charge in [-0.15, -0.1) is 23.1 Å². The maximum Gasteiger partial charge on any atom is 0.443 e. The lowest BCUT2D eigenvalue weighted by molar-refractivity contribution is -0.137. The first-order valence-corrected chi connectivity index (χ1v) is 7.60. The number of thioether (sulfide) groups is 1. The van der Waals surface area contributed by atoms with Crippen LogP contribution >= 0.6 is 23.1 Å². The monoisotopic (exact) mass is 317 g/mol. The summed E-state index contributed by atoms with van der Waals surface area (Å²) in [4.78, 5) is 4.70. The standard InChI is InChI=1S/C13H10F3NOS2/c14-13(15,16)12-17-6-10(20-12)11(18)9-5-7-3-1-2-4-8(7)19-9/h1-4,6,9,11,18H,5H2. The molecule has 1 aliphatic heterocycles. The molecule has 2 unspecified atom stereocenters. The number of benzene rings is 1. The number of nitrogens with zero attached hydrogens (tertiary/aromatic N) is 1. The van der Waals surface area contributed by atoms with Crippen LogP contribution in [0.5, 0.6) is 0 Å². The van der Waals surface area contributed by atoms with E-state index in [1.54, 1.807) is 0 Å². The van der Waals surface area contributed by atoms with Gasteiger partial charge in [0.1, 0.15) is 6.10 Å². The Morgan fingerprint density at radius 1 is 1.30 bits per heavy atom. The lowest BCUT2D eigenvalue weighted by Crippen LogP contribution is -2.13. The zero-order valence-electron chi connectivity index (χ0n) is 10.1. The zero-order chi connectivity index (χ0) is 14.3. The lowest BCUT2D eigenvalue weighted by Gasteiger charge is -2.14. The number of halogens is 3. The first-order chi connectivity index (χ1) is 9.45. The number of hydrogen-bond acceptors (Lipinski definition) is 4. The smallest absolute Gasteiger partial charge is 0.386 e.